The van der Waals surface area contributed by atoms with Crippen molar-refractivity contribution in [1.82, 2.24) is 0 Å². The lowest BCUT2D eigenvalue weighted by Gasteiger charge is -2.15. The number of hydrogen-bond donors (Lipinski definition) is 0. The van der Waals surface area contributed by atoms with Gasteiger partial charge in [-0.15, -0.1) is 0 Å². The molecule has 2 rings (SSSR count). The summed E-state index contributed by atoms with van der Waals surface area (Å²) >= 11 is 0. The van der Waals surface area contributed by atoms with Crippen LogP contribution in [0.2, 0.25) is 0 Å². The van der Waals surface area contributed by atoms with Crippen LogP contribution in [0.15, 0.2) is 30.3 Å². The van der Waals surface area contributed by atoms with Gasteiger partial charge in [0, 0.05) is 12.0 Å². The minimum Gasteiger partial charge on any atom is -0.493 e. The molecule has 156 valence electrons. The summed E-state index contributed by atoms with van der Waals surface area (Å²) in [6.45, 7) is 5.52. The van der Waals surface area contributed by atoms with E-state index >= 15 is 0 Å². The minimum atomic E-state index is -0.843. The molecule has 6 heteroatoms. The highest BCUT2D eigenvalue weighted by Gasteiger charge is 2.20. The Balaban J connectivity index is 2.00. The molecule has 2 aromatic rings. The fourth-order valence-electron chi connectivity index (χ4n) is 2.97. The lowest BCUT2D eigenvalue weighted by Crippen LogP contribution is -2.24. The first-order chi connectivity index (χ1) is 13.8. The summed E-state index contributed by atoms with van der Waals surface area (Å²) in [5.41, 5.74) is 3.51. The van der Waals surface area contributed by atoms with Crippen molar-refractivity contribution in [2.24, 2.45) is 0 Å². The third-order valence-corrected chi connectivity index (χ3v) is 4.81. The van der Waals surface area contributed by atoms with Crippen molar-refractivity contribution in [2.45, 2.75) is 39.7 Å². The van der Waals surface area contributed by atoms with E-state index in [0.29, 0.717) is 29.2 Å². The molecule has 0 aromatic heterocycles. The molecule has 1 atom stereocenters. The zero-order chi connectivity index (χ0) is 21.6. The van der Waals surface area contributed by atoms with Gasteiger partial charge in [-0.3, -0.25) is 9.59 Å². The molecule has 0 heterocycles. The maximum atomic E-state index is 12.5. The number of Topliss-reactive ketones (excluding diaryl/α,β-unsaturated/α-hetero) is 1. The molecule has 0 bridgehead atoms. The Kier molecular flexibility index (Phi) is 7.65. The van der Waals surface area contributed by atoms with E-state index in [4.69, 9.17) is 18.9 Å². The number of hydrogen-bond acceptors (Lipinski definition) is 6. The first-order valence-electron chi connectivity index (χ1n) is 9.40. The van der Waals surface area contributed by atoms with E-state index in [9.17, 15) is 9.59 Å². The first kappa shape index (κ1) is 22.3. The molecular formula is C23H28O6. The molecule has 0 aliphatic heterocycles. The predicted octanol–water partition coefficient (Wildman–Crippen LogP) is 4.08. The topological polar surface area (TPSA) is 71.1 Å². The zero-order valence-corrected chi connectivity index (χ0v) is 17.8. The smallest absolute Gasteiger partial charge is 0.306 e. The molecular weight excluding hydrogens is 372 g/mol. The van der Waals surface area contributed by atoms with Crippen LogP contribution in [0.1, 0.15) is 40.4 Å². The van der Waals surface area contributed by atoms with Crippen LogP contribution in [-0.2, 0) is 16.0 Å². The number of methoxy groups -OCH3 is 3. The van der Waals surface area contributed by atoms with Crippen molar-refractivity contribution in [3.05, 3.63) is 52.6 Å². The highest BCUT2D eigenvalue weighted by Crippen LogP contribution is 2.38. The van der Waals surface area contributed by atoms with Crippen molar-refractivity contribution in [3.63, 3.8) is 0 Å². The van der Waals surface area contributed by atoms with Gasteiger partial charge in [0.05, 0.1) is 21.3 Å². The fourth-order valence-corrected chi connectivity index (χ4v) is 2.97. The van der Waals surface area contributed by atoms with Gasteiger partial charge < -0.3 is 18.9 Å². The Hall–Kier alpha value is -3.02. The molecule has 0 saturated carbocycles. The monoisotopic (exact) mass is 400 g/mol. The molecule has 0 aliphatic rings. The maximum Gasteiger partial charge on any atom is 0.306 e. The molecule has 0 aliphatic carbocycles. The van der Waals surface area contributed by atoms with Crippen LogP contribution >= 0.6 is 0 Å². The number of ether oxygens (including phenoxy) is 4. The lowest BCUT2D eigenvalue weighted by atomic mass is 10.0. The van der Waals surface area contributed by atoms with Gasteiger partial charge in [0.1, 0.15) is 0 Å². The molecule has 0 fully saturated rings. The summed E-state index contributed by atoms with van der Waals surface area (Å²) in [6.07, 6.45) is -0.298. The second-order valence-electron chi connectivity index (χ2n) is 6.83. The van der Waals surface area contributed by atoms with Crippen molar-refractivity contribution < 1.29 is 28.5 Å². The molecule has 29 heavy (non-hydrogen) atoms. The van der Waals surface area contributed by atoms with Crippen LogP contribution in [0.3, 0.4) is 0 Å². The summed E-state index contributed by atoms with van der Waals surface area (Å²) in [4.78, 5) is 24.8. The summed E-state index contributed by atoms with van der Waals surface area (Å²) in [7, 11) is 4.61. The average molecular weight is 400 g/mol. The van der Waals surface area contributed by atoms with Crippen LogP contribution in [0.4, 0.5) is 0 Å². The normalized spacial score (nSPS) is 11.5. The van der Waals surface area contributed by atoms with Gasteiger partial charge in [-0.2, -0.15) is 0 Å². The van der Waals surface area contributed by atoms with E-state index in [1.807, 2.05) is 26.0 Å². The Bertz CT molecular complexity index is 862. The van der Waals surface area contributed by atoms with E-state index < -0.39 is 12.1 Å². The Morgan fingerprint density at radius 2 is 1.52 bits per heavy atom. The van der Waals surface area contributed by atoms with Crippen molar-refractivity contribution in [2.75, 3.05) is 21.3 Å². The summed E-state index contributed by atoms with van der Waals surface area (Å²) in [5, 5.41) is 0. The van der Waals surface area contributed by atoms with Crippen LogP contribution in [0.5, 0.6) is 17.2 Å². The first-order valence-corrected chi connectivity index (χ1v) is 9.40. The van der Waals surface area contributed by atoms with Gasteiger partial charge in [-0.25, -0.2) is 0 Å². The number of ketones is 1. The number of aryl methyl sites for hydroxylation is 3. The Morgan fingerprint density at radius 3 is 2.03 bits per heavy atom. The molecule has 0 amide bonds. The number of carbonyl (C=O) groups excluding carboxylic acids is 2. The Labute approximate surface area is 171 Å². The third-order valence-electron chi connectivity index (χ3n) is 4.81. The van der Waals surface area contributed by atoms with E-state index in [1.54, 1.807) is 25.1 Å². The predicted molar refractivity (Wildman–Crippen MR) is 110 cm³/mol. The van der Waals surface area contributed by atoms with Gasteiger partial charge in [0.2, 0.25) is 11.5 Å². The van der Waals surface area contributed by atoms with Crippen LogP contribution in [0, 0.1) is 13.8 Å². The molecule has 1 unspecified atom stereocenters. The number of rotatable bonds is 9. The third kappa shape index (κ3) is 5.50. The van der Waals surface area contributed by atoms with Crippen LogP contribution < -0.4 is 14.2 Å². The average Bonchev–Trinajstić information content (AvgIpc) is 2.72. The second-order valence-corrected chi connectivity index (χ2v) is 6.83. The van der Waals surface area contributed by atoms with E-state index in [0.717, 1.165) is 16.7 Å². The Morgan fingerprint density at radius 1 is 0.897 bits per heavy atom. The van der Waals surface area contributed by atoms with Gasteiger partial charge in [-0.1, -0.05) is 12.1 Å². The van der Waals surface area contributed by atoms with E-state index in [-0.39, 0.29) is 12.2 Å². The van der Waals surface area contributed by atoms with Gasteiger partial charge in [0.25, 0.3) is 0 Å². The van der Waals surface area contributed by atoms with Crippen LogP contribution in [-0.4, -0.2) is 39.2 Å². The summed E-state index contributed by atoms with van der Waals surface area (Å²) < 4.78 is 21.3. The number of benzene rings is 2. The zero-order valence-electron chi connectivity index (χ0n) is 17.8. The van der Waals surface area contributed by atoms with Crippen molar-refractivity contribution in [3.8, 4) is 17.2 Å². The molecule has 0 N–H and O–H groups in total. The minimum absolute atomic E-state index is 0.128. The highest BCUT2D eigenvalue weighted by atomic mass is 16.5. The van der Waals surface area contributed by atoms with Gasteiger partial charge in [-0.05, 0) is 62.1 Å². The SMILES string of the molecule is COc1cc(CCC(=O)OC(C)C(=O)c2ccc(C)c(C)c2)cc(OC)c1OC. The molecule has 2 aromatic carbocycles. The molecule has 6 nitrogen and oxygen atoms in total. The fraction of sp³-hybridized carbons (Fsp3) is 0.391. The summed E-state index contributed by atoms with van der Waals surface area (Å²) in [5.74, 6) is 0.883. The molecule has 0 spiro atoms. The van der Waals surface area contributed by atoms with Crippen molar-refractivity contribution in [1.29, 1.82) is 0 Å². The molecule has 0 saturated heterocycles. The largest absolute Gasteiger partial charge is 0.493 e. The number of carbonyl (C=O) groups is 2. The second kappa shape index (κ2) is 9.96. The highest BCUT2D eigenvalue weighted by molar-refractivity contribution is 6.00. The standard InChI is InChI=1S/C23H28O6/c1-14-7-9-18(11-15(14)2)22(25)16(3)29-21(24)10-8-17-12-19(26-4)23(28-6)20(13-17)27-5/h7,9,11-13,16H,8,10H2,1-6H3. The van der Waals surface area contributed by atoms with E-state index in [1.165, 1.54) is 21.3 Å². The van der Waals surface area contributed by atoms with Crippen LogP contribution in [0.25, 0.3) is 0 Å². The summed E-state index contributed by atoms with van der Waals surface area (Å²) in [6, 6.07) is 9.04. The maximum absolute atomic E-state index is 12.5. The number of esters is 1. The quantitative estimate of drug-likeness (QED) is 0.467. The lowest BCUT2D eigenvalue weighted by molar-refractivity contribution is -0.146. The van der Waals surface area contributed by atoms with Crippen molar-refractivity contribution >= 4 is 11.8 Å². The molecule has 0 radical (unpaired) electrons. The van der Waals surface area contributed by atoms with Gasteiger partial charge >= 0.3 is 5.97 Å². The van der Waals surface area contributed by atoms with Gasteiger partial charge in [0.15, 0.2) is 17.6 Å². The van der Waals surface area contributed by atoms with E-state index in [2.05, 4.69) is 0 Å².